The van der Waals surface area contributed by atoms with Crippen molar-refractivity contribution < 1.29 is 21.6 Å². The van der Waals surface area contributed by atoms with Crippen LogP contribution >= 0.6 is 0 Å². The zero-order chi connectivity index (χ0) is 20.4. The summed E-state index contributed by atoms with van der Waals surface area (Å²) in [4.78, 5) is 12.2. The van der Waals surface area contributed by atoms with Crippen LogP contribution in [0.2, 0.25) is 0 Å². The first-order chi connectivity index (χ1) is 13.1. The molecule has 1 amide bonds. The SMILES string of the molecule is CS(=O)(=O)c1ccc(S(=O)(=O)NC(=O)c2cccc(Cn3cccn3)c2)cc1. The molecule has 1 N–H and O–H groups in total. The lowest BCUT2D eigenvalue weighted by Crippen LogP contribution is -2.30. The van der Waals surface area contributed by atoms with E-state index in [0.717, 1.165) is 24.0 Å². The first-order valence-corrected chi connectivity index (χ1v) is 11.5. The first-order valence-electron chi connectivity index (χ1n) is 8.09. The van der Waals surface area contributed by atoms with Crippen molar-refractivity contribution in [3.63, 3.8) is 0 Å². The molecule has 0 saturated carbocycles. The van der Waals surface area contributed by atoms with Crippen LogP contribution in [0, 0.1) is 0 Å². The van der Waals surface area contributed by atoms with E-state index in [1.807, 2.05) is 4.72 Å². The number of rotatable bonds is 6. The van der Waals surface area contributed by atoms with Crippen LogP contribution < -0.4 is 4.72 Å². The maximum atomic E-state index is 12.4. The maximum absolute atomic E-state index is 12.4. The van der Waals surface area contributed by atoms with E-state index in [-0.39, 0.29) is 15.4 Å². The van der Waals surface area contributed by atoms with Gasteiger partial charge in [-0.25, -0.2) is 21.6 Å². The highest BCUT2D eigenvalue weighted by molar-refractivity contribution is 7.91. The fourth-order valence-corrected chi connectivity index (χ4v) is 4.10. The van der Waals surface area contributed by atoms with Gasteiger partial charge in [-0.15, -0.1) is 0 Å². The van der Waals surface area contributed by atoms with Crippen molar-refractivity contribution >= 4 is 25.8 Å². The average Bonchev–Trinajstić information content (AvgIpc) is 3.14. The number of sulfonamides is 1. The normalized spacial score (nSPS) is 11.9. The molecule has 0 spiro atoms. The van der Waals surface area contributed by atoms with Crippen LogP contribution in [0.25, 0.3) is 0 Å². The molecule has 0 unspecified atom stereocenters. The fraction of sp³-hybridized carbons (Fsp3) is 0.111. The molecule has 0 atom stereocenters. The Hall–Kier alpha value is -2.98. The maximum Gasteiger partial charge on any atom is 0.265 e. The van der Waals surface area contributed by atoms with Gasteiger partial charge in [-0.05, 0) is 48.0 Å². The zero-order valence-corrected chi connectivity index (χ0v) is 16.4. The summed E-state index contributed by atoms with van der Waals surface area (Å²) in [7, 11) is -7.59. The fourth-order valence-electron chi connectivity index (χ4n) is 2.50. The molecule has 0 radical (unpaired) electrons. The molecular weight excluding hydrogens is 402 g/mol. The largest absolute Gasteiger partial charge is 0.268 e. The Kier molecular flexibility index (Phi) is 5.34. The molecule has 10 heteroatoms. The standard InChI is InChI=1S/C18H17N3O5S2/c1-27(23,24)16-6-8-17(9-7-16)28(25,26)20-18(22)15-5-2-4-14(12-15)13-21-11-3-10-19-21/h2-12H,13H2,1H3,(H,20,22). The van der Waals surface area contributed by atoms with Crippen LogP contribution in [-0.2, 0) is 26.4 Å². The number of carbonyl (C=O) groups is 1. The molecule has 28 heavy (non-hydrogen) atoms. The quantitative estimate of drug-likeness (QED) is 0.647. The van der Waals surface area contributed by atoms with Crippen LogP contribution in [-0.4, -0.2) is 38.8 Å². The van der Waals surface area contributed by atoms with Crippen LogP contribution in [0.1, 0.15) is 15.9 Å². The third kappa shape index (κ3) is 4.65. The molecule has 146 valence electrons. The highest BCUT2D eigenvalue weighted by Crippen LogP contribution is 2.15. The van der Waals surface area contributed by atoms with Crippen molar-refractivity contribution in [1.29, 1.82) is 0 Å². The molecule has 2 aromatic carbocycles. The first kappa shape index (κ1) is 19.8. The topological polar surface area (TPSA) is 115 Å². The number of carbonyl (C=O) groups excluding carboxylic acids is 1. The molecule has 0 fully saturated rings. The Bertz CT molecular complexity index is 1200. The summed E-state index contributed by atoms with van der Waals surface area (Å²) in [5, 5.41) is 4.09. The molecule has 1 aromatic heterocycles. The molecule has 0 aliphatic rings. The van der Waals surface area contributed by atoms with Gasteiger partial charge in [0, 0.05) is 24.2 Å². The van der Waals surface area contributed by atoms with Crippen LogP contribution in [0.15, 0.2) is 76.8 Å². The number of hydrogen-bond acceptors (Lipinski definition) is 6. The van der Waals surface area contributed by atoms with Crippen LogP contribution in [0.3, 0.4) is 0 Å². The minimum Gasteiger partial charge on any atom is -0.268 e. The summed E-state index contributed by atoms with van der Waals surface area (Å²) in [6, 6.07) is 13.0. The van der Waals surface area contributed by atoms with Gasteiger partial charge >= 0.3 is 0 Å². The van der Waals surface area contributed by atoms with Crippen molar-refractivity contribution in [2.75, 3.05) is 6.26 Å². The van der Waals surface area contributed by atoms with E-state index in [1.54, 1.807) is 41.3 Å². The third-order valence-corrected chi connectivity index (χ3v) is 6.36. The third-order valence-electron chi connectivity index (χ3n) is 3.88. The van der Waals surface area contributed by atoms with Gasteiger partial charge < -0.3 is 0 Å². The average molecular weight is 419 g/mol. The Morgan fingerprint density at radius 1 is 1.00 bits per heavy atom. The second-order valence-corrected chi connectivity index (χ2v) is 9.78. The molecular formula is C18H17N3O5S2. The molecule has 0 bridgehead atoms. The van der Waals surface area contributed by atoms with Crippen molar-refractivity contribution in [3.8, 4) is 0 Å². The smallest absolute Gasteiger partial charge is 0.265 e. The van der Waals surface area contributed by atoms with E-state index in [9.17, 15) is 21.6 Å². The van der Waals surface area contributed by atoms with Gasteiger partial charge in [-0.3, -0.25) is 9.48 Å². The Labute approximate surface area is 162 Å². The van der Waals surface area contributed by atoms with Gasteiger partial charge in [-0.1, -0.05) is 12.1 Å². The number of sulfone groups is 1. The zero-order valence-electron chi connectivity index (χ0n) is 14.8. The number of amides is 1. The lowest BCUT2D eigenvalue weighted by atomic mass is 10.1. The predicted octanol–water partition coefficient (Wildman–Crippen LogP) is 1.45. The summed E-state index contributed by atoms with van der Waals surface area (Å²) < 4.78 is 51.5. The van der Waals surface area contributed by atoms with Gasteiger partial charge in [0.2, 0.25) is 0 Å². The van der Waals surface area contributed by atoms with Gasteiger partial charge in [-0.2, -0.15) is 5.10 Å². The number of nitrogens with one attached hydrogen (secondary N) is 1. The summed E-state index contributed by atoms with van der Waals surface area (Å²) >= 11 is 0. The predicted molar refractivity (Wildman–Crippen MR) is 102 cm³/mol. The van der Waals surface area contributed by atoms with E-state index in [2.05, 4.69) is 5.10 Å². The Morgan fingerprint density at radius 3 is 2.29 bits per heavy atom. The Morgan fingerprint density at radius 2 is 1.68 bits per heavy atom. The van der Waals surface area contributed by atoms with E-state index < -0.39 is 25.8 Å². The monoisotopic (exact) mass is 419 g/mol. The number of benzene rings is 2. The van der Waals surface area contributed by atoms with Gasteiger partial charge in [0.15, 0.2) is 9.84 Å². The van der Waals surface area contributed by atoms with Gasteiger partial charge in [0.25, 0.3) is 15.9 Å². The van der Waals surface area contributed by atoms with E-state index in [4.69, 9.17) is 0 Å². The summed E-state index contributed by atoms with van der Waals surface area (Å²) in [5.41, 5.74) is 0.965. The Balaban J connectivity index is 1.78. The second kappa shape index (κ2) is 7.56. The molecule has 0 saturated heterocycles. The summed E-state index contributed by atoms with van der Waals surface area (Å²) in [6.45, 7) is 0.438. The van der Waals surface area contributed by atoms with Crippen molar-refractivity contribution in [1.82, 2.24) is 14.5 Å². The molecule has 1 heterocycles. The lowest BCUT2D eigenvalue weighted by Gasteiger charge is -2.09. The molecule has 0 aliphatic carbocycles. The highest BCUT2D eigenvalue weighted by Gasteiger charge is 2.20. The van der Waals surface area contributed by atoms with Crippen molar-refractivity contribution in [2.24, 2.45) is 0 Å². The summed E-state index contributed by atoms with van der Waals surface area (Å²) in [6.07, 6.45) is 4.43. The molecule has 8 nitrogen and oxygen atoms in total. The van der Waals surface area contributed by atoms with Crippen LogP contribution in [0.5, 0.6) is 0 Å². The van der Waals surface area contributed by atoms with Gasteiger partial charge in [0.1, 0.15) is 0 Å². The molecule has 3 rings (SSSR count). The van der Waals surface area contributed by atoms with E-state index in [1.165, 1.54) is 18.2 Å². The molecule has 3 aromatic rings. The van der Waals surface area contributed by atoms with E-state index in [0.29, 0.717) is 6.54 Å². The second-order valence-electron chi connectivity index (χ2n) is 6.08. The number of hydrogen-bond donors (Lipinski definition) is 1. The highest BCUT2D eigenvalue weighted by atomic mass is 32.2. The van der Waals surface area contributed by atoms with Crippen molar-refractivity contribution in [2.45, 2.75) is 16.3 Å². The summed E-state index contributed by atoms with van der Waals surface area (Å²) in [5.74, 6) is -0.783. The lowest BCUT2D eigenvalue weighted by molar-refractivity contribution is 0.0981. The number of nitrogens with zero attached hydrogens (tertiary/aromatic N) is 2. The molecule has 0 aliphatic heterocycles. The minimum absolute atomic E-state index is 0.0101. The number of aromatic nitrogens is 2. The van der Waals surface area contributed by atoms with Crippen LogP contribution in [0.4, 0.5) is 0 Å². The van der Waals surface area contributed by atoms with Crippen molar-refractivity contribution in [3.05, 3.63) is 78.1 Å². The minimum atomic E-state index is -4.14. The van der Waals surface area contributed by atoms with E-state index >= 15 is 0 Å². The van der Waals surface area contributed by atoms with Gasteiger partial charge in [0.05, 0.1) is 16.3 Å².